The highest BCUT2D eigenvalue weighted by molar-refractivity contribution is 7.90. The molecule has 0 radical (unpaired) electrons. The van der Waals surface area contributed by atoms with E-state index in [4.69, 9.17) is 11.6 Å². The minimum atomic E-state index is -3.70. The van der Waals surface area contributed by atoms with Crippen molar-refractivity contribution < 1.29 is 18.0 Å². The molecule has 0 bridgehead atoms. The molecule has 33 heavy (non-hydrogen) atoms. The number of carbonyl (C=O) groups is 2. The van der Waals surface area contributed by atoms with E-state index in [9.17, 15) is 18.0 Å². The van der Waals surface area contributed by atoms with Gasteiger partial charge in [-0.05, 0) is 49.6 Å². The van der Waals surface area contributed by atoms with Gasteiger partial charge < -0.3 is 10.6 Å². The number of nitrogens with zero attached hydrogens (tertiary/aromatic N) is 1. The second-order valence-corrected chi connectivity index (χ2v) is 10.2. The van der Waals surface area contributed by atoms with Gasteiger partial charge in [-0.2, -0.15) is 0 Å². The van der Waals surface area contributed by atoms with Crippen LogP contribution in [0.5, 0.6) is 0 Å². The highest BCUT2D eigenvalue weighted by atomic mass is 35.5. The number of hydrogen-bond donors (Lipinski definition) is 3. The molecule has 2 aliphatic rings. The maximum absolute atomic E-state index is 13.0. The maximum atomic E-state index is 13.0. The molecule has 8 nitrogen and oxygen atoms in total. The molecule has 1 heterocycles. The molecule has 0 spiro atoms. The quantitative estimate of drug-likeness (QED) is 0.527. The Hall–Kier alpha value is -2.91. The van der Waals surface area contributed by atoms with Crippen molar-refractivity contribution in [2.45, 2.75) is 56.0 Å². The smallest absolute Gasteiger partial charge is 0.263 e. The summed E-state index contributed by atoms with van der Waals surface area (Å²) in [5.74, 6) is -0.461. The lowest BCUT2D eigenvalue weighted by molar-refractivity contribution is -0.117. The van der Waals surface area contributed by atoms with E-state index in [1.807, 2.05) is 6.92 Å². The summed E-state index contributed by atoms with van der Waals surface area (Å²) in [6.45, 7) is 2.00. The van der Waals surface area contributed by atoms with Crippen molar-refractivity contribution in [3.05, 3.63) is 58.6 Å². The van der Waals surface area contributed by atoms with Crippen molar-refractivity contribution >= 4 is 45.0 Å². The normalized spacial score (nSPS) is 18.3. The van der Waals surface area contributed by atoms with Crippen molar-refractivity contribution in [2.75, 3.05) is 5.32 Å². The summed E-state index contributed by atoms with van der Waals surface area (Å²) >= 11 is 6.28. The lowest BCUT2D eigenvalue weighted by Crippen LogP contribution is -2.31. The predicted octanol–water partition coefficient (Wildman–Crippen LogP) is 3.47. The lowest BCUT2D eigenvalue weighted by atomic mass is 10.1. The van der Waals surface area contributed by atoms with Crippen molar-refractivity contribution in [3.63, 3.8) is 0 Å². The second-order valence-electron chi connectivity index (χ2n) is 8.17. The topological polar surface area (TPSA) is 117 Å². The Morgan fingerprint density at radius 2 is 1.97 bits per heavy atom. The molecule has 1 aliphatic heterocycles. The molecule has 10 heteroatoms. The van der Waals surface area contributed by atoms with Crippen molar-refractivity contribution in [2.24, 2.45) is 4.99 Å². The van der Waals surface area contributed by atoms with E-state index in [-0.39, 0.29) is 33.6 Å². The zero-order chi connectivity index (χ0) is 23.6. The number of unbranched alkanes of at least 4 members (excludes halogenated alkanes) is 1. The number of nitrogens with one attached hydrogen (secondary N) is 3. The third-order valence-corrected chi connectivity index (χ3v) is 7.19. The van der Waals surface area contributed by atoms with E-state index in [1.54, 1.807) is 30.3 Å². The summed E-state index contributed by atoms with van der Waals surface area (Å²) in [5.41, 5.74) is 1.23. The van der Waals surface area contributed by atoms with Crippen molar-refractivity contribution in [1.82, 2.24) is 10.0 Å². The third-order valence-electron chi connectivity index (χ3n) is 5.48. The molecule has 174 valence electrons. The van der Waals surface area contributed by atoms with Crippen LogP contribution >= 0.6 is 11.6 Å². The lowest BCUT2D eigenvalue weighted by Gasteiger charge is -2.15. The van der Waals surface area contributed by atoms with Gasteiger partial charge in [-0.25, -0.2) is 8.42 Å². The SMILES string of the molecule is CCCCC(N=C1NS(=O)(=O)c2ccccc21)C(=O)Nc1ccc(C(=O)NC2CC2)c(Cl)c1. The van der Waals surface area contributed by atoms with Crippen LogP contribution in [0.4, 0.5) is 5.69 Å². The summed E-state index contributed by atoms with van der Waals surface area (Å²) in [6.07, 6.45) is 3.99. The number of halogens is 1. The summed E-state index contributed by atoms with van der Waals surface area (Å²) in [6, 6.07) is 10.7. The van der Waals surface area contributed by atoms with E-state index in [0.717, 1.165) is 25.7 Å². The fourth-order valence-corrected chi connectivity index (χ4v) is 5.04. The molecule has 1 fully saturated rings. The first-order valence-corrected chi connectivity index (χ1v) is 12.8. The average Bonchev–Trinajstić information content (AvgIpc) is 3.55. The second kappa shape index (κ2) is 9.52. The summed E-state index contributed by atoms with van der Waals surface area (Å²) < 4.78 is 27.2. The molecular formula is C23H25ClN4O4S. The molecule has 2 amide bonds. The molecule has 0 saturated heterocycles. The number of sulfonamides is 1. The van der Waals surface area contributed by atoms with Gasteiger partial charge in [0.05, 0.1) is 15.5 Å². The molecule has 2 aromatic rings. The minimum Gasteiger partial charge on any atom is -0.349 e. The maximum Gasteiger partial charge on any atom is 0.263 e. The molecule has 0 aromatic heterocycles. The Labute approximate surface area is 197 Å². The summed E-state index contributed by atoms with van der Waals surface area (Å²) in [7, 11) is -3.70. The first kappa shape index (κ1) is 23.3. The fourth-order valence-electron chi connectivity index (χ4n) is 3.53. The van der Waals surface area contributed by atoms with Gasteiger partial charge in [0.15, 0.2) is 0 Å². The first-order valence-electron chi connectivity index (χ1n) is 10.9. The molecule has 2 aromatic carbocycles. The third kappa shape index (κ3) is 5.36. The van der Waals surface area contributed by atoms with E-state index in [2.05, 4.69) is 20.3 Å². The average molecular weight is 489 g/mol. The molecule has 1 aliphatic carbocycles. The molecular weight excluding hydrogens is 464 g/mol. The monoisotopic (exact) mass is 488 g/mol. The predicted molar refractivity (Wildman–Crippen MR) is 127 cm³/mol. The number of anilines is 1. The Balaban J connectivity index is 1.53. The number of amides is 2. The summed E-state index contributed by atoms with van der Waals surface area (Å²) in [5, 5.41) is 5.91. The van der Waals surface area contributed by atoms with Crippen LogP contribution in [0.3, 0.4) is 0 Å². The molecule has 1 atom stereocenters. The van der Waals surface area contributed by atoms with E-state index in [1.165, 1.54) is 12.1 Å². The highest BCUT2D eigenvalue weighted by Gasteiger charge is 2.32. The minimum absolute atomic E-state index is 0.144. The van der Waals surface area contributed by atoms with Gasteiger partial charge in [0.2, 0.25) is 5.91 Å². The zero-order valence-electron chi connectivity index (χ0n) is 18.1. The van der Waals surface area contributed by atoms with Gasteiger partial charge >= 0.3 is 0 Å². The largest absolute Gasteiger partial charge is 0.349 e. The van der Waals surface area contributed by atoms with Crippen LogP contribution in [0, 0.1) is 0 Å². The number of rotatable bonds is 8. The summed E-state index contributed by atoms with van der Waals surface area (Å²) in [4.78, 5) is 29.9. The van der Waals surface area contributed by atoms with Crippen LogP contribution < -0.4 is 15.4 Å². The van der Waals surface area contributed by atoms with Crippen molar-refractivity contribution in [1.29, 1.82) is 0 Å². The molecule has 3 N–H and O–H groups in total. The van der Waals surface area contributed by atoms with Gasteiger partial charge in [0.25, 0.3) is 15.9 Å². The fraction of sp³-hybridized carbons (Fsp3) is 0.348. The van der Waals surface area contributed by atoms with Gasteiger partial charge in [-0.1, -0.05) is 43.5 Å². The van der Waals surface area contributed by atoms with Crippen molar-refractivity contribution in [3.8, 4) is 0 Å². The van der Waals surface area contributed by atoms with Crippen LogP contribution in [0.2, 0.25) is 5.02 Å². The van der Waals surface area contributed by atoms with Gasteiger partial charge in [0, 0.05) is 17.3 Å². The number of amidine groups is 1. The molecule has 1 saturated carbocycles. The number of carbonyl (C=O) groups excluding carboxylic acids is 2. The number of fused-ring (bicyclic) bond motifs is 1. The van der Waals surface area contributed by atoms with E-state index >= 15 is 0 Å². The Morgan fingerprint density at radius 3 is 2.67 bits per heavy atom. The first-order chi connectivity index (χ1) is 15.8. The van der Waals surface area contributed by atoms with Gasteiger partial charge in [-0.15, -0.1) is 0 Å². The van der Waals surface area contributed by atoms with Crippen LogP contribution in [0.1, 0.15) is 54.9 Å². The standard InChI is InChI=1S/C23H25ClN4O4S/c1-2-3-7-19(27-21-17-6-4-5-8-20(17)33(31,32)28-21)23(30)26-15-11-12-16(18(24)13-15)22(29)25-14-9-10-14/h4-6,8,11-14,19H,2-3,7,9-10H2,1H3,(H,25,29)(H,26,30)(H,27,28). The van der Waals surface area contributed by atoms with Crippen LogP contribution in [-0.4, -0.2) is 38.2 Å². The van der Waals surface area contributed by atoms with Gasteiger partial charge in [0.1, 0.15) is 11.9 Å². The van der Waals surface area contributed by atoms with Crippen LogP contribution in [0.15, 0.2) is 52.4 Å². The number of hydrogen-bond acceptors (Lipinski definition) is 5. The van der Waals surface area contributed by atoms with E-state index in [0.29, 0.717) is 23.2 Å². The van der Waals surface area contributed by atoms with E-state index < -0.39 is 16.1 Å². The molecule has 4 rings (SSSR count). The van der Waals surface area contributed by atoms with Gasteiger partial charge in [-0.3, -0.25) is 19.3 Å². The highest BCUT2D eigenvalue weighted by Crippen LogP contribution is 2.26. The zero-order valence-corrected chi connectivity index (χ0v) is 19.7. The molecule has 1 unspecified atom stereocenters. The number of benzene rings is 2. The van der Waals surface area contributed by atoms with Crippen LogP contribution in [0.25, 0.3) is 0 Å². The van der Waals surface area contributed by atoms with Crippen LogP contribution in [-0.2, 0) is 14.8 Å². The Morgan fingerprint density at radius 1 is 1.21 bits per heavy atom. The Kier molecular flexibility index (Phi) is 6.71. The number of aliphatic imine (C=N–C) groups is 1. The Bertz CT molecular complexity index is 1220.